The Morgan fingerprint density at radius 2 is 2.14 bits per heavy atom. The van der Waals surface area contributed by atoms with Gasteiger partial charge < -0.3 is 10.4 Å². The number of carbonyl (C=O) groups is 1. The molecule has 114 valence electrons. The van der Waals surface area contributed by atoms with Crippen molar-refractivity contribution in [3.8, 4) is 0 Å². The molecule has 2 rings (SSSR count). The molecule has 1 aliphatic rings. The van der Waals surface area contributed by atoms with Gasteiger partial charge in [-0.05, 0) is 24.3 Å². The first-order valence-electron chi connectivity index (χ1n) is 7.25. The van der Waals surface area contributed by atoms with Crippen LogP contribution in [0.4, 0.5) is 11.4 Å². The normalized spacial score (nSPS) is 21.8. The van der Waals surface area contributed by atoms with Crippen LogP contribution in [0.3, 0.4) is 0 Å². The van der Waals surface area contributed by atoms with Crippen LogP contribution in [0.15, 0.2) is 18.2 Å². The summed E-state index contributed by atoms with van der Waals surface area (Å²) in [6, 6.07) is 4.12. The Bertz CT molecular complexity index is 512. The number of carboxylic acid groups (broad SMARTS) is 1. The molecule has 1 aromatic rings. The molecule has 0 radical (unpaired) electrons. The van der Waals surface area contributed by atoms with Crippen LogP contribution in [0.1, 0.15) is 43.0 Å². The highest BCUT2D eigenvalue weighted by molar-refractivity contribution is 5.96. The lowest BCUT2D eigenvalue weighted by atomic mass is 9.80. The molecule has 1 saturated carbocycles. The molecule has 6 heteroatoms. The Balaban J connectivity index is 2.21. The lowest BCUT2D eigenvalue weighted by Gasteiger charge is -2.29. The number of aromatic carboxylic acids is 1. The third-order valence-corrected chi connectivity index (χ3v) is 4.30. The minimum absolute atomic E-state index is 0.0485. The SMILES string of the molecule is CC1CCCCC1CNc1c(C(=O)O)cccc1[N+](=O)[O-]. The average molecular weight is 292 g/mol. The maximum atomic E-state index is 11.2. The summed E-state index contributed by atoms with van der Waals surface area (Å²) in [7, 11) is 0. The number of nitrogens with one attached hydrogen (secondary N) is 1. The van der Waals surface area contributed by atoms with E-state index in [0.717, 1.165) is 12.8 Å². The average Bonchev–Trinajstić information content (AvgIpc) is 2.45. The van der Waals surface area contributed by atoms with Crippen LogP contribution >= 0.6 is 0 Å². The van der Waals surface area contributed by atoms with E-state index in [2.05, 4.69) is 12.2 Å². The van der Waals surface area contributed by atoms with E-state index < -0.39 is 10.9 Å². The third-order valence-electron chi connectivity index (χ3n) is 4.30. The number of nitrogens with zero attached hydrogens (tertiary/aromatic N) is 1. The van der Waals surface area contributed by atoms with Gasteiger partial charge in [0.1, 0.15) is 5.69 Å². The van der Waals surface area contributed by atoms with Gasteiger partial charge in [0.2, 0.25) is 0 Å². The van der Waals surface area contributed by atoms with E-state index in [1.807, 2.05) is 0 Å². The lowest BCUT2D eigenvalue weighted by Crippen LogP contribution is -2.25. The minimum atomic E-state index is -1.15. The number of anilines is 1. The van der Waals surface area contributed by atoms with Gasteiger partial charge in [-0.15, -0.1) is 0 Å². The van der Waals surface area contributed by atoms with Crippen molar-refractivity contribution in [2.75, 3.05) is 11.9 Å². The van der Waals surface area contributed by atoms with Crippen molar-refractivity contribution in [1.29, 1.82) is 0 Å². The highest BCUT2D eigenvalue weighted by atomic mass is 16.6. The molecule has 0 spiro atoms. The number of nitro benzene ring substituents is 1. The number of rotatable bonds is 5. The van der Waals surface area contributed by atoms with E-state index in [-0.39, 0.29) is 16.9 Å². The molecule has 0 heterocycles. The molecule has 21 heavy (non-hydrogen) atoms. The van der Waals surface area contributed by atoms with E-state index >= 15 is 0 Å². The van der Waals surface area contributed by atoms with E-state index in [9.17, 15) is 20.0 Å². The molecule has 1 aliphatic carbocycles. The van der Waals surface area contributed by atoms with Crippen LogP contribution in [-0.2, 0) is 0 Å². The number of hydrogen-bond donors (Lipinski definition) is 2. The summed E-state index contributed by atoms with van der Waals surface area (Å²) in [5, 5.41) is 23.3. The molecule has 0 aromatic heterocycles. The zero-order chi connectivity index (χ0) is 15.4. The molecule has 2 N–H and O–H groups in total. The summed E-state index contributed by atoms with van der Waals surface area (Å²) in [5.74, 6) is -0.166. The Morgan fingerprint density at radius 1 is 1.43 bits per heavy atom. The molecule has 0 saturated heterocycles. The summed E-state index contributed by atoms with van der Waals surface area (Å²) >= 11 is 0. The van der Waals surface area contributed by atoms with Gasteiger partial charge in [0.15, 0.2) is 0 Å². The molecule has 6 nitrogen and oxygen atoms in total. The van der Waals surface area contributed by atoms with Crippen LogP contribution < -0.4 is 5.32 Å². The smallest absolute Gasteiger partial charge is 0.338 e. The molecule has 0 amide bonds. The van der Waals surface area contributed by atoms with Crippen molar-refractivity contribution < 1.29 is 14.8 Å². The molecule has 0 bridgehead atoms. The van der Waals surface area contributed by atoms with Gasteiger partial charge in [-0.2, -0.15) is 0 Å². The van der Waals surface area contributed by atoms with Crippen LogP contribution in [0.5, 0.6) is 0 Å². The van der Waals surface area contributed by atoms with Gasteiger partial charge in [0.05, 0.1) is 10.5 Å². The topological polar surface area (TPSA) is 92.5 Å². The second-order valence-electron chi connectivity index (χ2n) is 5.66. The molecule has 2 atom stereocenters. The molecular formula is C15H20N2O4. The van der Waals surface area contributed by atoms with Crippen molar-refractivity contribution in [3.63, 3.8) is 0 Å². The zero-order valence-corrected chi connectivity index (χ0v) is 12.0. The molecular weight excluding hydrogens is 272 g/mol. The molecule has 1 fully saturated rings. The number of hydrogen-bond acceptors (Lipinski definition) is 4. The first-order chi connectivity index (χ1) is 10.0. The fraction of sp³-hybridized carbons (Fsp3) is 0.533. The Kier molecular flexibility index (Phi) is 4.77. The number of para-hydroxylation sites is 1. The van der Waals surface area contributed by atoms with Crippen LogP contribution in [0.2, 0.25) is 0 Å². The monoisotopic (exact) mass is 292 g/mol. The highest BCUT2D eigenvalue weighted by Crippen LogP contribution is 2.32. The molecule has 1 aromatic carbocycles. The van der Waals surface area contributed by atoms with Crippen molar-refractivity contribution in [3.05, 3.63) is 33.9 Å². The first-order valence-corrected chi connectivity index (χ1v) is 7.25. The minimum Gasteiger partial charge on any atom is -0.478 e. The van der Waals surface area contributed by atoms with Gasteiger partial charge in [-0.3, -0.25) is 10.1 Å². The van der Waals surface area contributed by atoms with Gasteiger partial charge in [-0.1, -0.05) is 32.3 Å². The quantitative estimate of drug-likeness (QED) is 0.639. The number of benzene rings is 1. The number of nitro groups is 1. The van der Waals surface area contributed by atoms with Crippen LogP contribution in [0, 0.1) is 22.0 Å². The molecule has 0 aliphatic heterocycles. The Morgan fingerprint density at radius 3 is 2.76 bits per heavy atom. The summed E-state index contributed by atoms with van der Waals surface area (Å²) < 4.78 is 0. The maximum Gasteiger partial charge on any atom is 0.338 e. The number of carboxylic acids is 1. The first kappa shape index (κ1) is 15.3. The highest BCUT2D eigenvalue weighted by Gasteiger charge is 2.25. The van der Waals surface area contributed by atoms with E-state index in [0.29, 0.717) is 18.4 Å². The standard InChI is InChI=1S/C15H20N2O4/c1-10-5-2-3-6-11(10)9-16-14-12(15(18)19)7-4-8-13(14)17(20)21/h4,7-8,10-11,16H,2-3,5-6,9H2,1H3,(H,18,19). The molecule has 2 unspecified atom stereocenters. The van der Waals surface area contributed by atoms with Gasteiger partial charge >= 0.3 is 5.97 Å². The van der Waals surface area contributed by atoms with E-state index in [1.165, 1.54) is 31.0 Å². The summed E-state index contributed by atoms with van der Waals surface area (Å²) in [5.41, 5.74) is -0.112. The van der Waals surface area contributed by atoms with E-state index in [1.54, 1.807) is 0 Å². The fourth-order valence-corrected chi connectivity index (χ4v) is 2.99. The second-order valence-corrected chi connectivity index (χ2v) is 5.66. The largest absolute Gasteiger partial charge is 0.478 e. The van der Waals surface area contributed by atoms with Crippen molar-refractivity contribution in [2.45, 2.75) is 32.6 Å². The summed E-state index contributed by atoms with van der Waals surface area (Å²) in [6.07, 6.45) is 4.63. The zero-order valence-electron chi connectivity index (χ0n) is 12.0. The van der Waals surface area contributed by atoms with Gasteiger partial charge in [0.25, 0.3) is 5.69 Å². The fourth-order valence-electron chi connectivity index (χ4n) is 2.99. The lowest BCUT2D eigenvalue weighted by molar-refractivity contribution is -0.384. The van der Waals surface area contributed by atoms with Gasteiger partial charge in [0, 0.05) is 12.6 Å². The van der Waals surface area contributed by atoms with Crippen LogP contribution in [-0.4, -0.2) is 22.5 Å². The predicted molar refractivity (Wildman–Crippen MR) is 79.7 cm³/mol. The Labute approximate surface area is 123 Å². The van der Waals surface area contributed by atoms with E-state index in [4.69, 9.17) is 0 Å². The van der Waals surface area contributed by atoms with Gasteiger partial charge in [-0.25, -0.2) is 4.79 Å². The summed E-state index contributed by atoms with van der Waals surface area (Å²) in [6.45, 7) is 2.76. The van der Waals surface area contributed by atoms with Crippen molar-refractivity contribution >= 4 is 17.3 Å². The van der Waals surface area contributed by atoms with Crippen molar-refractivity contribution in [2.24, 2.45) is 11.8 Å². The third kappa shape index (κ3) is 3.51. The second kappa shape index (κ2) is 6.56. The van der Waals surface area contributed by atoms with Crippen molar-refractivity contribution in [1.82, 2.24) is 0 Å². The maximum absolute atomic E-state index is 11.2. The predicted octanol–water partition coefficient (Wildman–Crippen LogP) is 3.53. The van der Waals surface area contributed by atoms with Crippen LogP contribution in [0.25, 0.3) is 0 Å². The Hall–Kier alpha value is -2.11. The summed E-state index contributed by atoms with van der Waals surface area (Å²) in [4.78, 5) is 21.8.